The molecular formula is C19H32N2O2. The minimum absolute atomic E-state index is 0.453. The molecular weight excluding hydrogens is 288 g/mol. The van der Waals surface area contributed by atoms with Gasteiger partial charge in [0.2, 0.25) is 5.91 Å². The number of likely N-dealkylation sites (tertiary alicyclic amines) is 1. The number of rotatable bonds is 4. The van der Waals surface area contributed by atoms with Gasteiger partial charge in [0, 0.05) is 39.1 Å². The molecule has 130 valence electrons. The van der Waals surface area contributed by atoms with Gasteiger partial charge < -0.3 is 9.64 Å². The van der Waals surface area contributed by atoms with Crippen LogP contribution < -0.4 is 0 Å². The lowest BCUT2D eigenvalue weighted by atomic mass is 9.85. The predicted octanol–water partition coefficient (Wildman–Crippen LogP) is 2.38. The van der Waals surface area contributed by atoms with Gasteiger partial charge in [0.25, 0.3) is 0 Å². The molecule has 23 heavy (non-hydrogen) atoms. The number of carbonyl (C=O) groups excluding carboxylic acids is 1. The Morgan fingerprint density at radius 2 is 1.91 bits per heavy atom. The fraction of sp³-hybridized carbons (Fsp3) is 0.947. The number of hydrogen-bond donors (Lipinski definition) is 0. The van der Waals surface area contributed by atoms with Crippen molar-refractivity contribution in [3.8, 4) is 0 Å². The van der Waals surface area contributed by atoms with E-state index in [0.29, 0.717) is 17.7 Å². The number of piperidine rings is 1. The largest absolute Gasteiger partial charge is 0.379 e. The molecule has 2 aliphatic carbocycles. The Labute approximate surface area is 140 Å². The van der Waals surface area contributed by atoms with E-state index >= 15 is 0 Å². The number of ether oxygens (including phenoxy) is 1. The zero-order valence-electron chi connectivity index (χ0n) is 14.4. The molecule has 0 aromatic rings. The quantitative estimate of drug-likeness (QED) is 0.797. The van der Waals surface area contributed by atoms with Gasteiger partial charge in [0.05, 0.1) is 13.2 Å². The highest BCUT2D eigenvalue weighted by Crippen LogP contribution is 2.49. The second-order valence-corrected chi connectivity index (χ2v) is 8.40. The van der Waals surface area contributed by atoms with Gasteiger partial charge >= 0.3 is 0 Å². The first kappa shape index (κ1) is 15.9. The SMILES string of the molecule is O=C(C[C@H]1C[C@H]2CC[C@H]1C2)N1CCC[C@H](CN2CCOCC2)C1. The Balaban J connectivity index is 1.25. The van der Waals surface area contributed by atoms with Crippen LogP contribution in [-0.4, -0.2) is 61.6 Å². The van der Waals surface area contributed by atoms with Gasteiger partial charge in [-0.15, -0.1) is 0 Å². The summed E-state index contributed by atoms with van der Waals surface area (Å²) in [7, 11) is 0. The van der Waals surface area contributed by atoms with E-state index in [4.69, 9.17) is 4.74 Å². The van der Waals surface area contributed by atoms with Crippen LogP contribution in [0, 0.1) is 23.7 Å². The summed E-state index contributed by atoms with van der Waals surface area (Å²) in [5.41, 5.74) is 0. The molecule has 4 rings (SSSR count). The molecule has 1 amide bonds. The highest BCUT2D eigenvalue weighted by molar-refractivity contribution is 5.76. The maximum Gasteiger partial charge on any atom is 0.222 e. The van der Waals surface area contributed by atoms with Crippen LogP contribution in [-0.2, 0) is 9.53 Å². The summed E-state index contributed by atoms with van der Waals surface area (Å²) in [5, 5.41) is 0. The molecule has 4 heteroatoms. The van der Waals surface area contributed by atoms with Crippen molar-refractivity contribution in [1.29, 1.82) is 0 Å². The van der Waals surface area contributed by atoms with Crippen molar-refractivity contribution in [3.63, 3.8) is 0 Å². The van der Waals surface area contributed by atoms with Crippen LogP contribution in [0.3, 0.4) is 0 Å². The van der Waals surface area contributed by atoms with E-state index in [1.165, 1.54) is 38.5 Å². The number of morpholine rings is 1. The zero-order chi connectivity index (χ0) is 15.6. The molecule has 2 bridgehead atoms. The van der Waals surface area contributed by atoms with E-state index in [2.05, 4.69) is 9.80 Å². The Morgan fingerprint density at radius 3 is 2.65 bits per heavy atom. The van der Waals surface area contributed by atoms with Crippen molar-refractivity contribution in [2.75, 3.05) is 45.9 Å². The number of amides is 1. The average molecular weight is 320 g/mol. The van der Waals surface area contributed by atoms with Gasteiger partial charge in [0.1, 0.15) is 0 Å². The van der Waals surface area contributed by atoms with Crippen LogP contribution in [0.25, 0.3) is 0 Å². The molecule has 0 radical (unpaired) electrons. The molecule has 0 N–H and O–H groups in total. The molecule has 4 aliphatic rings. The fourth-order valence-corrected chi connectivity index (χ4v) is 5.57. The van der Waals surface area contributed by atoms with E-state index in [1.54, 1.807) is 0 Å². The molecule has 4 fully saturated rings. The number of hydrogen-bond acceptors (Lipinski definition) is 3. The lowest BCUT2D eigenvalue weighted by Crippen LogP contribution is -2.46. The Kier molecular flexibility index (Phi) is 4.91. The second kappa shape index (κ2) is 7.10. The van der Waals surface area contributed by atoms with Crippen LogP contribution in [0.1, 0.15) is 44.9 Å². The third kappa shape index (κ3) is 3.74. The molecule has 2 saturated heterocycles. The third-order valence-electron chi connectivity index (χ3n) is 6.81. The zero-order valence-corrected chi connectivity index (χ0v) is 14.4. The smallest absolute Gasteiger partial charge is 0.222 e. The maximum atomic E-state index is 12.8. The van der Waals surface area contributed by atoms with Crippen molar-refractivity contribution in [2.45, 2.75) is 44.9 Å². The molecule has 2 saturated carbocycles. The molecule has 0 unspecified atom stereocenters. The molecule has 2 aliphatic heterocycles. The monoisotopic (exact) mass is 320 g/mol. The second-order valence-electron chi connectivity index (χ2n) is 8.40. The molecule has 4 nitrogen and oxygen atoms in total. The van der Waals surface area contributed by atoms with Gasteiger partial charge in [-0.05, 0) is 55.8 Å². The maximum absolute atomic E-state index is 12.8. The highest BCUT2D eigenvalue weighted by Gasteiger charge is 2.41. The van der Waals surface area contributed by atoms with Crippen LogP contribution in [0.4, 0.5) is 0 Å². The van der Waals surface area contributed by atoms with Crippen LogP contribution in [0.2, 0.25) is 0 Å². The summed E-state index contributed by atoms with van der Waals surface area (Å²) < 4.78 is 5.44. The fourth-order valence-electron chi connectivity index (χ4n) is 5.57. The van der Waals surface area contributed by atoms with Crippen molar-refractivity contribution in [1.82, 2.24) is 9.80 Å². The summed E-state index contributed by atoms with van der Waals surface area (Å²) in [5.74, 6) is 3.66. The first-order chi connectivity index (χ1) is 11.3. The number of fused-ring (bicyclic) bond motifs is 2. The first-order valence-electron chi connectivity index (χ1n) is 9.86. The molecule has 0 aromatic carbocycles. The van der Waals surface area contributed by atoms with Crippen LogP contribution in [0.15, 0.2) is 0 Å². The van der Waals surface area contributed by atoms with Gasteiger partial charge in [-0.2, -0.15) is 0 Å². The van der Waals surface area contributed by atoms with Gasteiger partial charge in [-0.3, -0.25) is 9.69 Å². The van der Waals surface area contributed by atoms with Crippen LogP contribution >= 0.6 is 0 Å². The van der Waals surface area contributed by atoms with Gasteiger partial charge in [-0.1, -0.05) is 6.42 Å². The van der Waals surface area contributed by atoms with E-state index < -0.39 is 0 Å². The predicted molar refractivity (Wildman–Crippen MR) is 90.1 cm³/mol. The summed E-state index contributed by atoms with van der Waals surface area (Å²) in [6.45, 7) is 7.03. The Morgan fingerprint density at radius 1 is 1.04 bits per heavy atom. The van der Waals surface area contributed by atoms with Crippen molar-refractivity contribution >= 4 is 5.91 Å². The number of nitrogens with zero attached hydrogens (tertiary/aromatic N) is 2. The highest BCUT2D eigenvalue weighted by atomic mass is 16.5. The van der Waals surface area contributed by atoms with Gasteiger partial charge in [-0.25, -0.2) is 0 Å². The molecule has 0 aromatic heterocycles. The van der Waals surface area contributed by atoms with E-state index in [0.717, 1.165) is 64.2 Å². The summed E-state index contributed by atoms with van der Waals surface area (Å²) >= 11 is 0. The van der Waals surface area contributed by atoms with Gasteiger partial charge in [0.15, 0.2) is 0 Å². The minimum Gasteiger partial charge on any atom is -0.379 e. The third-order valence-corrected chi connectivity index (χ3v) is 6.81. The lowest BCUT2D eigenvalue weighted by Gasteiger charge is -2.37. The molecule has 0 spiro atoms. The van der Waals surface area contributed by atoms with E-state index in [-0.39, 0.29) is 0 Å². The number of carbonyl (C=O) groups is 1. The van der Waals surface area contributed by atoms with Crippen LogP contribution in [0.5, 0.6) is 0 Å². The Bertz CT molecular complexity index is 422. The van der Waals surface area contributed by atoms with Crippen molar-refractivity contribution in [2.24, 2.45) is 23.7 Å². The minimum atomic E-state index is 0.453. The summed E-state index contributed by atoms with van der Waals surface area (Å²) in [6.07, 6.45) is 8.89. The molecule has 2 heterocycles. The van der Waals surface area contributed by atoms with E-state index in [1.807, 2.05) is 0 Å². The Hall–Kier alpha value is -0.610. The normalized spacial score (nSPS) is 38.2. The standard InChI is InChI=1S/C19H32N2O2/c22-19(12-18-11-15-3-4-17(18)10-15)21-5-1-2-16(14-21)13-20-6-8-23-9-7-20/h15-18H,1-14H2/t15-,16+,17-,18+/m0/s1. The average Bonchev–Trinajstić information content (AvgIpc) is 3.19. The summed E-state index contributed by atoms with van der Waals surface area (Å²) in [6, 6.07) is 0. The topological polar surface area (TPSA) is 32.8 Å². The summed E-state index contributed by atoms with van der Waals surface area (Å²) in [4.78, 5) is 17.5. The van der Waals surface area contributed by atoms with E-state index in [9.17, 15) is 4.79 Å². The van der Waals surface area contributed by atoms with Crippen molar-refractivity contribution in [3.05, 3.63) is 0 Å². The lowest BCUT2D eigenvalue weighted by molar-refractivity contribution is -0.134. The molecule has 4 atom stereocenters. The first-order valence-corrected chi connectivity index (χ1v) is 9.86. The van der Waals surface area contributed by atoms with Crippen molar-refractivity contribution < 1.29 is 9.53 Å².